The lowest BCUT2D eigenvalue weighted by Crippen LogP contribution is -2.36. The Morgan fingerprint density at radius 3 is 2.75 bits per heavy atom. The van der Waals surface area contributed by atoms with Crippen LogP contribution in [-0.2, 0) is 11.3 Å². The first-order valence-electron chi connectivity index (χ1n) is 7.73. The van der Waals surface area contributed by atoms with Gasteiger partial charge in [0.1, 0.15) is 5.69 Å². The van der Waals surface area contributed by atoms with Gasteiger partial charge in [0.05, 0.1) is 18.0 Å². The van der Waals surface area contributed by atoms with Crippen LogP contribution in [0.2, 0.25) is 0 Å². The van der Waals surface area contributed by atoms with Crippen molar-refractivity contribution in [1.82, 2.24) is 15.4 Å². The molecule has 0 unspecified atom stereocenters. The Hall–Kier alpha value is -2.74. The lowest BCUT2D eigenvalue weighted by molar-refractivity contribution is -0.384. The molecule has 2 aromatic rings. The van der Waals surface area contributed by atoms with E-state index in [1.54, 1.807) is 18.2 Å². The van der Waals surface area contributed by atoms with Crippen LogP contribution in [0.4, 0.5) is 5.69 Å². The van der Waals surface area contributed by atoms with Gasteiger partial charge in [-0.25, -0.2) is 0 Å². The molecule has 8 nitrogen and oxygen atoms in total. The molecular formula is C16H20N4O4. The number of hydrogen-bond donors (Lipinski definition) is 1. The highest BCUT2D eigenvalue weighted by Crippen LogP contribution is 2.23. The number of carbonyl (C=O) groups is 1. The Morgan fingerprint density at radius 1 is 1.33 bits per heavy atom. The lowest BCUT2D eigenvalue weighted by atomic mass is 10.1. The van der Waals surface area contributed by atoms with E-state index in [4.69, 9.17) is 4.52 Å². The highest BCUT2D eigenvalue weighted by molar-refractivity contribution is 5.78. The Balaban J connectivity index is 1.97. The molecule has 0 saturated heterocycles. The van der Waals surface area contributed by atoms with Crippen LogP contribution < -0.4 is 5.32 Å². The van der Waals surface area contributed by atoms with Crippen LogP contribution >= 0.6 is 0 Å². The van der Waals surface area contributed by atoms with Gasteiger partial charge in [0, 0.05) is 23.8 Å². The summed E-state index contributed by atoms with van der Waals surface area (Å²) in [5, 5.41) is 17.5. The summed E-state index contributed by atoms with van der Waals surface area (Å²) >= 11 is 0. The summed E-state index contributed by atoms with van der Waals surface area (Å²) in [5.41, 5.74) is 1.07. The molecular weight excluding hydrogens is 312 g/mol. The number of nitrogens with one attached hydrogen (secondary N) is 1. The third-order valence-corrected chi connectivity index (χ3v) is 3.63. The number of nitrogens with zero attached hydrogens (tertiary/aromatic N) is 3. The zero-order valence-corrected chi connectivity index (χ0v) is 13.7. The second kappa shape index (κ2) is 8.21. The number of nitro benzene ring substituents is 1. The van der Waals surface area contributed by atoms with Crippen molar-refractivity contribution in [3.8, 4) is 11.3 Å². The van der Waals surface area contributed by atoms with Gasteiger partial charge in [-0.3, -0.25) is 19.8 Å². The van der Waals surface area contributed by atoms with Gasteiger partial charge in [-0.2, -0.15) is 0 Å². The molecule has 2 rings (SSSR count). The van der Waals surface area contributed by atoms with Crippen molar-refractivity contribution >= 4 is 11.6 Å². The first-order chi connectivity index (χ1) is 11.5. The van der Waals surface area contributed by atoms with E-state index < -0.39 is 4.92 Å². The first kappa shape index (κ1) is 17.6. The van der Waals surface area contributed by atoms with Gasteiger partial charge in [-0.15, -0.1) is 0 Å². The molecule has 8 heteroatoms. The maximum absolute atomic E-state index is 11.9. The predicted octanol–water partition coefficient (Wildman–Crippen LogP) is 2.21. The molecule has 1 N–H and O–H groups in total. The Bertz CT molecular complexity index is 710. The largest absolute Gasteiger partial charge is 0.359 e. The molecule has 0 radical (unpaired) electrons. The van der Waals surface area contributed by atoms with Gasteiger partial charge in [-0.1, -0.05) is 31.1 Å². The third kappa shape index (κ3) is 4.63. The van der Waals surface area contributed by atoms with Crippen molar-refractivity contribution in [1.29, 1.82) is 0 Å². The summed E-state index contributed by atoms with van der Waals surface area (Å²) in [6.07, 6.45) is 0. The van der Waals surface area contributed by atoms with Crippen LogP contribution in [0.1, 0.15) is 19.6 Å². The summed E-state index contributed by atoms with van der Waals surface area (Å²) in [5.74, 6) is 0.399. The van der Waals surface area contributed by atoms with E-state index in [-0.39, 0.29) is 18.1 Å². The number of carbonyl (C=O) groups excluding carboxylic acids is 1. The van der Waals surface area contributed by atoms with E-state index in [0.29, 0.717) is 23.6 Å². The molecule has 128 valence electrons. The summed E-state index contributed by atoms with van der Waals surface area (Å²) in [7, 11) is 0. The smallest absolute Gasteiger partial charge is 0.270 e. The normalized spacial score (nSPS) is 10.8. The van der Waals surface area contributed by atoms with Crippen LogP contribution in [0, 0.1) is 10.1 Å². The average Bonchev–Trinajstić information content (AvgIpc) is 3.07. The topological polar surface area (TPSA) is 102 Å². The van der Waals surface area contributed by atoms with Crippen molar-refractivity contribution in [2.24, 2.45) is 0 Å². The zero-order valence-electron chi connectivity index (χ0n) is 13.7. The molecule has 0 aliphatic carbocycles. The molecule has 0 aliphatic rings. The van der Waals surface area contributed by atoms with E-state index in [0.717, 1.165) is 13.1 Å². The lowest BCUT2D eigenvalue weighted by Gasteiger charge is -2.16. The molecule has 1 aromatic heterocycles. The number of benzene rings is 1. The number of non-ortho nitro benzene ring substituents is 1. The minimum Gasteiger partial charge on any atom is -0.359 e. The summed E-state index contributed by atoms with van der Waals surface area (Å²) in [6.45, 7) is 6.17. The fourth-order valence-corrected chi connectivity index (χ4v) is 2.20. The van der Waals surface area contributed by atoms with Crippen molar-refractivity contribution in [2.45, 2.75) is 20.4 Å². The van der Waals surface area contributed by atoms with Gasteiger partial charge < -0.3 is 9.84 Å². The summed E-state index contributed by atoms with van der Waals surface area (Å²) < 4.78 is 5.18. The molecule has 1 heterocycles. The number of nitro groups is 1. The SMILES string of the molecule is CCN(CC)CC(=O)NCc1cc(-c2cccc([N+](=O)[O-])c2)no1. The maximum atomic E-state index is 11.9. The summed E-state index contributed by atoms with van der Waals surface area (Å²) in [6, 6.07) is 7.82. The van der Waals surface area contributed by atoms with Gasteiger partial charge in [0.15, 0.2) is 5.76 Å². The van der Waals surface area contributed by atoms with Gasteiger partial charge >= 0.3 is 0 Å². The zero-order chi connectivity index (χ0) is 17.5. The monoisotopic (exact) mass is 332 g/mol. The van der Waals surface area contributed by atoms with Crippen molar-refractivity contribution < 1.29 is 14.2 Å². The van der Waals surface area contributed by atoms with E-state index in [2.05, 4.69) is 10.5 Å². The van der Waals surface area contributed by atoms with Crippen molar-refractivity contribution in [2.75, 3.05) is 19.6 Å². The van der Waals surface area contributed by atoms with E-state index in [1.807, 2.05) is 18.7 Å². The standard InChI is InChI=1S/C16H20N4O4/c1-3-19(4-2)11-16(21)17-10-14-9-15(18-24-14)12-6-5-7-13(8-12)20(22)23/h5-9H,3-4,10-11H2,1-2H3,(H,17,21). The minimum absolute atomic E-state index is 0.00965. The van der Waals surface area contributed by atoms with E-state index >= 15 is 0 Å². The fourth-order valence-electron chi connectivity index (χ4n) is 2.20. The molecule has 24 heavy (non-hydrogen) atoms. The molecule has 1 aromatic carbocycles. The van der Waals surface area contributed by atoms with Crippen LogP contribution in [0.15, 0.2) is 34.9 Å². The highest BCUT2D eigenvalue weighted by Gasteiger charge is 2.12. The number of rotatable bonds is 8. The van der Waals surface area contributed by atoms with E-state index in [9.17, 15) is 14.9 Å². The molecule has 0 saturated carbocycles. The quantitative estimate of drug-likeness (QED) is 0.587. The minimum atomic E-state index is -0.460. The van der Waals surface area contributed by atoms with Crippen molar-refractivity contribution in [3.63, 3.8) is 0 Å². The molecule has 1 amide bonds. The average molecular weight is 332 g/mol. The molecule has 0 aliphatic heterocycles. The first-order valence-corrected chi connectivity index (χ1v) is 7.73. The Labute approximate surface area is 139 Å². The van der Waals surface area contributed by atoms with Crippen LogP contribution in [0.5, 0.6) is 0 Å². The van der Waals surface area contributed by atoms with Crippen LogP contribution in [0.25, 0.3) is 11.3 Å². The van der Waals surface area contributed by atoms with Gasteiger partial charge in [0.25, 0.3) is 5.69 Å². The van der Waals surface area contributed by atoms with Crippen LogP contribution in [0.3, 0.4) is 0 Å². The van der Waals surface area contributed by atoms with Crippen LogP contribution in [-0.4, -0.2) is 40.5 Å². The predicted molar refractivity (Wildman–Crippen MR) is 88.2 cm³/mol. The second-order valence-corrected chi connectivity index (χ2v) is 5.22. The molecule has 0 bridgehead atoms. The Kier molecular flexibility index (Phi) is 6.02. The molecule has 0 atom stereocenters. The summed E-state index contributed by atoms with van der Waals surface area (Å²) in [4.78, 5) is 24.2. The van der Waals surface area contributed by atoms with Gasteiger partial charge in [0.2, 0.25) is 5.91 Å². The number of hydrogen-bond acceptors (Lipinski definition) is 6. The fraction of sp³-hybridized carbons (Fsp3) is 0.375. The van der Waals surface area contributed by atoms with Crippen molar-refractivity contribution in [3.05, 3.63) is 46.2 Å². The molecule has 0 spiro atoms. The Morgan fingerprint density at radius 2 is 2.08 bits per heavy atom. The third-order valence-electron chi connectivity index (χ3n) is 3.63. The maximum Gasteiger partial charge on any atom is 0.270 e. The molecule has 0 fully saturated rings. The number of amides is 1. The van der Waals surface area contributed by atoms with Gasteiger partial charge in [-0.05, 0) is 13.1 Å². The number of aromatic nitrogens is 1. The second-order valence-electron chi connectivity index (χ2n) is 5.22. The number of likely N-dealkylation sites (N-methyl/N-ethyl adjacent to an activating group) is 1. The highest BCUT2D eigenvalue weighted by atomic mass is 16.6. The van der Waals surface area contributed by atoms with E-state index in [1.165, 1.54) is 12.1 Å².